The normalized spacial score (nSPS) is 53.1. The fourth-order valence-corrected chi connectivity index (χ4v) is 9.57. The third kappa shape index (κ3) is 1.91. The highest BCUT2D eigenvalue weighted by molar-refractivity contribution is 7.49. The molecular weight excluding hydrogens is 468 g/mol. The Morgan fingerprint density at radius 1 is 1.12 bits per heavy atom. The number of benzene rings is 1. The van der Waals surface area contributed by atoms with E-state index in [9.17, 15) is 9.13 Å². The van der Waals surface area contributed by atoms with Crippen molar-refractivity contribution < 1.29 is 50.8 Å². The number of phosphoric ester groups is 2. The van der Waals surface area contributed by atoms with E-state index < -0.39 is 57.3 Å². The molecule has 32 heavy (non-hydrogen) atoms. The van der Waals surface area contributed by atoms with Crippen LogP contribution in [0.5, 0.6) is 17.2 Å². The van der Waals surface area contributed by atoms with Gasteiger partial charge in [-0.25, -0.2) is 23.1 Å². The third-order valence-corrected chi connectivity index (χ3v) is 10.0. The molecule has 1 aliphatic carbocycles. The zero-order chi connectivity index (χ0) is 21.7. The number of rotatable bonds is 1. The monoisotopic (exact) mass is 485 g/mol. The van der Waals surface area contributed by atoms with Crippen LogP contribution in [0, 0.1) is 5.92 Å². The highest BCUT2D eigenvalue weighted by Crippen LogP contribution is 2.79. The van der Waals surface area contributed by atoms with Crippen molar-refractivity contribution in [2.75, 3.05) is 20.7 Å². The predicted molar refractivity (Wildman–Crippen MR) is 101 cm³/mol. The minimum absolute atomic E-state index is 0.0532. The first-order valence-electron chi connectivity index (χ1n) is 10.1. The predicted octanol–water partition coefficient (Wildman–Crippen LogP) is 2.46. The first-order chi connectivity index (χ1) is 15.3. The molecule has 1 aromatic carbocycles. The molecule has 9 aliphatic rings. The number of likely N-dealkylation sites (N-methyl/N-ethyl adjacent to an activating group) is 1. The lowest BCUT2D eigenvalue weighted by molar-refractivity contribution is -0.328. The SMILES string of the molecule is COc1ccc2c3c1O[C@@H]1[C@@H]4C=C[C@@H]5[C@@H]6C2OP(=O)(O3)OC2(CN6C)OP(=O)(OO4)O[C@@]512. The zero-order valence-electron chi connectivity index (χ0n) is 16.7. The highest BCUT2D eigenvalue weighted by atomic mass is 31.2. The Labute approximate surface area is 181 Å². The molecule has 5 fully saturated rings. The first-order valence-corrected chi connectivity index (χ1v) is 13.0. The van der Waals surface area contributed by atoms with Crippen LogP contribution >= 0.6 is 15.6 Å². The molecule has 0 saturated carbocycles. The van der Waals surface area contributed by atoms with E-state index in [0.717, 1.165) is 0 Å². The molecule has 0 N–H and O–H groups in total. The summed E-state index contributed by atoms with van der Waals surface area (Å²) in [5, 5.41) is 0. The number of nitrogens with zero attached hydrogens (tertiary/aromatic N) is 1. The highest BCUT2D eigenvalue weighted by Gasteiger charge is 2.84. The van der Waals surface area contributed by atoms with Gasteiger partial charge in [-0.2, -0.15) is 0 Å². The molecule has 5 saturated heterocycles. The van der Waals surface area contributed by atoms with E-state index in [1.54, 1.807) is 18.2 Å². The topological polar surface area (TPSA) is 120 Å². The lowest BCUT2D eigenvalue weighted by Crippen LogP contribution is -2.79. The van der Waals surface area contributed by atoms with E-state index >= 15 is 0 Å². The molecular formula is C18H17NO11P2. The molecule has 14 heteroatoms. The van der Waals surface area contributed by atoms with Crippen molar-refractivity contribution in [3.05, 3.63) is 29.8 Å². The zero-order valence-corrected chi connectivity index (χ0v) is 18.5. The van der Waals surface area contributed by atoms with Gasteiger partial charge in [0.25, 0.3) is 0 Å². The Morgan fingerprint density at radius 2 is 1.97 bits per heavy atom. The number of hydrogen-bond acceptors (Lipinski definition) is 12. The molecule has 12 bridgehead atoms. The number of piperidine rings is 1. The minimum atomic E-state index is -4.29. The van der Waals surface area contributed by atoms with Gasteiger partial charge >= 0.3 is 15.6 Å². The van der Waals surface area contributed by atoms with Gasteiger partial charge in [0, 0.05) is 11.5 Å². The van der Waals surface area contributed by atoms with Gasteiger partial charge in [-0.3, -0.25) is 13.9 Å². The maximum Gasteiger partial charge on any atom is 0.533 e. The molecule has 12 nitrogen and oxygen atoms in total. The van der Waals surface area contributed by atoms with E-state index in [0.29, 0.717) is 11.3 Å². The molecule has 8 heterocycles. The van der Waals surface area contributed by atoms with Crippen LogP contribution in [-0.2, 0) is 36.8 Å². The average Bonchev–Trinajstić information content (AvgIpc) is 2.94. The van der Waals surface area contributed by atoms with Crippen molar-refractivity contribution in [3.63, 3.8) is 0 Å². The van der Waals surface area contributed by atoms with Crippen LogP contribution in [0.25, 0.3) is 0 Å². The van der Waals surface area contributed by atoms with E-state index in [1.165, 1.54) is 7.11 Å². The van der Waals surface area contributed by atoms with Gasteiger partial charge in [0.05, 0.1) is 19.7 Å². The summed E-state index contributed by atoms with van der Waals surface area (Å²) in [7, 11) is -5.21. The number of methoxy groups -OCH3 is 1. The molecule has 10 rings (SSSR count). The number of fused-ring (bicyclic) bond motifs is 2. The molecule has 4 unspecified atom stereocenters. The molecule has 8 aliphatic heterocycles. The van der Waals surface area contributed by atoms with E-state index in [2.05, 4.69) is 0 Å². The fourth-order valence-electron chi connectivity index (χ4n) is 6.22. The van der Waals surface area contributed by atoms with Gasteiger partial charge in [0.15, 0.2) is 29.3 Å². The van der Waals surface area contributed by atoms with Crippen LogP contribution < -0.4 is 14.0 Å². The van der Waals surface area contributed by atoms with Gasteiger partial charge in [-0.05, 0) is 19.2 Å². The fraction of sp³-hybridized carbons (Fsp3) is 0.556. The second-order valence-electron chi connectivity index (χ2n) is 8.84. The molecule has 0 aromatic heterocycles. The minimum Gasteiger partial charge on any atom is -0.493 e. The standard InChI is InChI=1S/C18H17NO11P2/c1-19-7-17-18-9-4-6-11(24-30-32(21,28-17)29-18)16(18)23-15-10(22-2)5-3-8-13(12(9)19)25-31(20,27-17)26-14(8)15/h3-6,9,11-13,16H,7H2,1-2H3/t9-,11+,12-,13?,16-,17?,18+,31?,32?/m1/s1. The molecule has 2 spiro atoms. The van der Waals surface area contributed by atoms with Crippen LogP contribution in [-0.4, -0.2) is 55.2 Å². The van der Waals surface area contributed by atoms with E-state index in [4.69, 9.17) is 41.7 Å². The van der Waals surface area contributed by atoms with Crippen LogP contribution in [0.3, 0.4) is 0 Å². The molecule has 0 amide bonds. The maximum atomic E-state index is 13.9. The van der Waals surface area contributed by atoms with Crippen LogP contribution in [0.15, 0.2) is 24.3 Å². The summed E-state index contributed by atoms with van der Waals surface area (Å²) < 4.78 is 74.5. The summed E-state index contributed by atoms with van der Waals surface area (Å²) in [5.74, 6) is -1.61. The summed E-state index contributed by atoms with van der Waals surface area (Å²) in [6, 6.07) is 3.11. The number of hydrogen-bond donors (Lipinski definition) is 0. The molecule has 170 valence electrons. The largest absolute Gasteiger partial charge is 0.533 e. The number of ether oxygens (including phenoxy) is 2. The number of phosphoric acid groups is 2. The second-order valence-corrected chi connectivity index (χ2v) is 11.7. The second kappa shape index (κ2) is 5.43. The van der Waals surface area contributed by atoms with Gasteiger partial charge in [-0.15, -0.1) is 4.67 Å². The van der Waals surface area contributed by atoms with Crippen molar-refractivity contribution in [2.45, 2.75) is 35.7 Å². The van der Waals surface area contributed by atoms with E-state index in [1.807, 2.05) is 18.0 Å². The Morgan fingerprint density at radius 3 is 2.81 bits per heavy atom. The third-order valence-electron chi connectivity index (χ3n) is 7.31. The Hall–Kier alpha value is -1.46. The van der Waals surface area contributed by atoms with Crippen LogP contribution in [0.4, 0.5) is 0 Å². The lowest BCUT2D eigenvalue weighted by Gasteiger charge is -2.60. The molecule has 9 atom stereocenters. The van der Waals surface area contributed by atoms with Crippen molar-refractivity contribution in [1.82, 2.24) is 4.90 Å². The van der Waals surface area contributed by atoms with Crippen molar-refractivity contribution in [3.8, 4) is 17.2 Å². The molecule has 1 aromatic rings. The van der Waals surface area contributed by atoms with Crippen molar-refractivity contribution >= 4 is 15.6 Å². The first kappa shape index (κ1) is 18.9. The van der Waals surface area contributed by atoms with Gasteiger partial charge in [-0.1, -0.05) is 12.2 Å². The van der Waals surface area contributed by atoms with Gasteiger partial charge in [0.1, 0.15) is 6.10 Å². The summed E-state index contributed by atoms with van der Waals surface area (Å²) in [6.45, 7) is 0.0532. The maximum absolute atomic E-state index is 13.9. The van der Waals surface area contributed by atoms with Gasteiger partial charge < -0.3 is 14.0 Å². The lowest BCUT2D eigenvalue weighted by atomic mass is 9.63. The Bertz CT molecular complexity index is 1220. The van der Waals surface area contributed by atoms with Crippen LogP contribution in [0.1, 0.15) is 11.7 Å². The summed E-state index contributed by atoms with van der Waals surface area (Å²) in [4.78, 5) is 7.41. The van der Waals surface area contributed by atoms with Gasteiger partial charge in [0.2, 0.25) is 11.5 Å². The Balaban J connectivity index is 1.55. The summed E-state index contributed by atoms with van der Waals surface area (Å²) in [6.07, 6.45) is 1.15. The smallest absolute Gasteiger partial charge is 0.493 e. The van der Waals surface area contributed by atoms with Crippen molar-refractivity contribution in [1.29, 1.82) is 0 Å². The Kier molecular flexibility index (Phi) is 3.21. The molecule has 0 radical (unpaired) electrons. The summed E-state index contributed by atoms with van der Waals surface area (Å²) in [5.41, 5.74) is -0.901. The van der Waals surface area contributed by atoms with E-state index in [-0.39, 0.29) is 18.0 Å². The van der Waals surface area contributed by atoms with Crippen LogP contribution in [0.2, 0.25) is 0 Å². The summed E-state index contributed by atoms with van der Waals surface area (Å²) >= 11 is 0. The quantitative estimate of drug-likeness (QED) is 0.330. The van der Waals surface area contributed by atoms with Crippen molar-refractivity contribution in [2.24, 2.45) is 5.92 Å². The average molecular weight is 485 g/mol.